The van der Waals surface area contributed by atoms with Gasteiger partial charge in [0.1, 0.15) is 5.75 Å². The average molecular weight is 442 g/mol. The smallest absolute Gasteiger partial charge is 0.340 e. The fourth-order valence-corrected chi connectivity index (χ4v) is 3.85. The van der Waals surface area contributed by atoms with Crippen LogP contribution in [0.4, 0.5) is 5.69 Å². The minimum absolute atomic E-state index is 0.341. The van der Waals surface area contributed by atoms with E-state index < -0.39 is 0 Å². The van der Waals surface area contributed by atoms with Crippen molar-refractivity contribution in [1.29, 1.82) is 0 Å². The molecular weight excluding hydrogens is 418 g/mol. The van der Waals surface area contributed by atoms with Gasteiger partial charge in [0.05, 0.1) is 25.0 Å². The maximum Gasteiger partial charge on any atom is 0.340 e. The van der Waals surface area contributed by atoms with E-state index in [1.165, 1.54) is 12.5 Å². The fourth-order valence-electron chi connectivity index (χ4n) is 3.14. The summed E-state index contributed by atoms with van der Waals surface area (Å²) in [6, 6.07) is 18.2. The lowest BCUT2D eigenvalue weighted by Crippen LogP contribution is -2.11. The molecule has 5 heteroatoms. The zero-order chi connectivity index (χ0) is 19.9. The quantitative estimate of drug-likeness (QED) is 0.345. The number of esters is 1. The van der Waals surface area contributed by atoms with Gasteiger partial charge in [-0.3, -0.25) is 0 Å². The highest BCUT2D eigenvalue weighted by atomic mass is 79.9. The molecule has 0 heterocycles. The van der Waals surface area contributed by atoms with Crippen LogP contribution in [-0.4, -0.2) is 26.2 Å². The summed E-state index contributed by atoms with van der Waals surface area (Å²) in [4.78, 5) is 12.0. The molecule has 1 N–H and O–H groups in total. The number of rotatable bonds is 8. The molecular formula is C23H24BrNO3. The molecule has 0 bridgehead atoms. The van der Waals surface area contributed by atoms with Crippen molar-refractivity contribution in [2.75, 3.05) is 25.6 Å². The van der Waals surface area contributed by atoms with Crippen molar-refractivity contribution >= 4 is 38.4 Å². The van der Waals surface area contributed by atoms with E-state index in [1.807, 2.05) is 43.3 Å². The molecule has 0 saturated carbocycles. The van der Waals surface area contributed by atoms with Crippen molar-refractivity contribution in [1.82, 2.24) is 0 Å². The van der Waals surface area contributed by atoms with Gasteiger partial charge in [-0.1, -0.05) is 36.4 Å². The Labute approximate surface area is 174 Å². The van der Waals surface area contributed by atoms with E-state index in [0.29, 0.717) is 12.2 Å². The van der Waals surface area contributed by atoms with Crippen LogP contribution < -0.4 is 10.1 Å². The molecule has 0 radical (unpaired) electrons. The Hall–Kier alpha value is -2.53. The fraction of sp³-hybridized carbons (Fsp3) is 0.261. The monoisotopic (exact) mass is 441 g/mol. The van der Waals surface area contributed by atoms with E-state index in [2.05, 4.69) is 39.4 Å². The van der Waals surface area contributed by atoms with Crippen LogP contribution in [0.15, 0.2) is 59.1 Å². The molecule has 3 aromatic rings. The molecule has 0 fully saturated rings. The van der Waals surface area contributed by atoms with E-state index in [9.17, 15) is 4.79 Å². The average Bonchev–Trinajstić information content (AvgIpc) is 2.71. The van der Waals surface area contributed by atoms with Gasteiger partial charge in [-0.05, 0) is 64.8 Å². The number of aryl methyl sites for hydroxylation is 1. The lowest BCUT2D eigenvalue weighted by Gasteiger charge is -2.14. The summed E-state index contributed by atoms with van der Waals surface area (Å²) >= 11 is 3.54. The molecule has 0 amide bonds. The Kier molecular flexibility index (Phi) is 6.93. The van der Waals surface area contributed by atoms with Gasteiger partial charge in [0.2, 0.25) is 0 Å². The van der Waals surface area contributed by atoms with Gasteiger partial charge < -0.3 is 14.8 Å². The maximum atomic E-state index is 12.0. The number of methoxy groups -OCH3 is 1. The van der Waals surface area contributed by atoms with Crippen LogP contribution in [0.1, 0.15) is 28.8 Å². The van der Waals surface area contributed by atoms with Crippen molar-refractivity contribution in [3.8, 4) is 5.75 Å². The molecule has 0 spiro atoms. The van der Waals surface area contributed by atoms with Crippen LogP contribution in [-0.2, 0) is 4.74 Å². The van der Waals surface area contributed by atoms with Crippen molar-refractivity contribution in [2.24, 2.45) is 0 Å². The molecule has 0 aromatic heterocycles. The first-order chi connectivity index (χ1) is 13.6. The molecule has 0 aliphatic heterocycles. The first-order valence-corrected chi connectivity index (χ1v) is 10.1. The van der Waals surface area contributed by atoms with Crippen LogP contribution in [0.5, 0.6) is 5.75 Å². The normalized spacial score (nSPS) is 10.7. The van der Waals surface area contributed by atoms with Gasteiger partial charge in [-0.25, -0.2) is 4.79 Å². The molecule has 0 atom stereocenters. The van der Waals surface area contributed by atoms with Crippen molar-refractivity contribution in [2.45, 2.75) is 19.8 Å². The zero-order valence-electron chi connectivity index (χ0n) is 16.1. The predicted molar refractivity (Wildman–Crippen MR) is 117 cm³/mol. The highest BCUT2D eigenvalue weighted by molar-refractivity contribution is 9.10. The van der Waals surface area contributed by atoms with Crippen LogP contribution in [0.25, 0.3) is 10.8 Å². The third-order valence-corrected chi connectivity index (χ3v) is 5.15. The number of benzene rings is 3. The first-order valence-electron chi connectivity index (χ1n) is 9.33. The molecule has 0 saturated heterocycles. The number of nitrogens with one attached hydrogen (secondary N) is 1. The van der Waals surface area contributed by atoms with Crippen molar-refractivity contribution < 1.29 is 14.3 Å². The van der Waals surface area contributed by atoms with E-state index in [4.69, 9.17) is 9.47 Å². The van der Waals surface area contributed by atoms with Gasteiger partial charge >= 0.3 is 5.97 Å². The SMILES string of the molecule is COC(=O)c1cc(C)cc(Br)c1NCCCCOc1cccc2ccccc12. The third kappa shape index (κ3) is 4.84. The second kappa shape index (κ2) is 9.60. The van der Waals surface area contributed by atoms with Gasteiger partial charge in [0.15, 0.2) is 0 Å². The van der Waals surface area contributed by atoms with E-state index >= 15 is 0 Å². The summed E-state index contributed by atoms with van der Waals surface area (Å²) in [5.74, 6) is 0.575. The largest absolute Gasteiger partial charge is 0.493 e. The first kappa shape index (κ1) is 20.2. The Morgan fingerprint density at radius 2 is 1.86 bits per heavy atom. The number of anilines is 1. The van der Waals surface area contributed by atoms with Crippen molar-refractivity contribution in [3.05, 3.63) is 70.2 Å². The number of carbonyl (C=O) groups is 1. The number of ether oxygens (including phenoxy) is 2. The number of hydrogen-bond acceptors (Lipinski definition) is 4. The van der Waals surface area contributed by atoms with Crippen molar-refractivity contribution in [3.63, 3.8) is 0 Å². The van der Waals surface area contributed by atoms with Crippen LogP contribution in [0.3, 0.4) is 0 Å². The Morgan fingerprint density at radius 1 is 1.07 bits per heavy atom. The van der Waals surface area contributed by atoms with E-state index in [-0.39, 0.29) is 5.97 Å². The summed E-state index contributed by atoms with van der Waals surface area (Å²) in [7, 11) is 1.40. The molecule has 0 aliphatic rings. The molecule has 0 unspecified atom stereocenters. The standard InChI is InChI=1S/C23H24BrNO3/c1-16-14-19(23(26)27-2)22(20(24)15-16)25-12-5-6-13-28-21-11-7-9-17-8-3-4-10-18(17)21/h3-4,7-11,14-15,25H,5-6,12-13H2,1-2H3. The molecule has 0 aliphatic carbocycles. The van der Waals surface area contributed by atoms with E-state index in [1.54, 1.807) is 0 Å². The molecule has 3 rings (SSSR count). The summed E-state index contributed by atoms with van der Waals surface area (Å²) in [6.45, 7) is 3.34. The highest BCUT2D eigenvalue weighted by Gasteiger charge is 2.15. The molecule has 28 heavy (non-hydrogen) atoms. The zero-order valence-corrected chi connectivity index (χ0v) is 17.7. The summed E-state index contributed by atoms with van der Waals surface area (Å²) in [5, 5.41) is 5.66. The Morgan fingerprint density at radius 3 is 2.68 bits per heavy atom. The number of fused-ring (bicyclic) bond motifs is 1. The minimum Gasteiger partial charge on any atom is -0.493 e. The Bertz CT molecular complexity index is 966. The number of unbranched alkanes of at least 4 members (excludes halogenated alkanes) is 1. The second-order valence-electron chi connectivity index (χ2n) is 6.62. The Balaban J connectivity index is 1.52. The topological polar surface area (TPSA) is 47.6 Å². The maximum absolute atomic E-state index is 12.0. The number of halogens is 1. The minimum atomic E-state index is -0.341. The highest BCUT2D eigenvalue weighted by Crippen LogP contribution is 2.29. The summed E-state index contributed by atoms with van der Waals surface area (Å²) < 4.78 is 11.7. The van der Waals surface area contributed by atoms with Crippen LogP contribution >= 0.6 is 15.9 Å². The van der Waals surface area contributed by atoms with Gasteiger partial charge in [-0.2, -0.15) is 0 Å². The van der Waals surface area contributed by atoms with E-state index in [0.717, 1.165) is 46.2 Å². The predicted octanol–water partition coefficient (Wildman–Crippen LogP) is 5.97. The molecule has 146 valence electrons. The van der Waals surface area contributed by atoms with Crippen LogP contribution in [0, 0.1) is 6.92 Å². The van der Waals surface area contributed by atoms with Gasteiger partial charge in [0.25, 0.3) is 0 Å². The third-order valence-electron chi connectivity index (χ3n) is 4.52. The number of carbonyl (C=O) groups excluding carboxylic acids is 1. The molecule has 3 aromatic carbocycles. The second-order valence-corrected chi connectivity index (χ2v) is 7.47. The molecule has 4 nitrogen and oxygen atoms in total. The summed E-state index contributed by atoms with van der Waals surface area (Å²) in [5.41, 5.74) is 2.31. The lowest BCUT2D eigenvalue weighted by molar-refractivity contribution is 0.0601. The lowest BCUT2D eigenvalue weighted by atomic mass is 10.1. The number of hydrogen-bond donors (Lipinski definition) is 1. The summed E-state index contributed by atoms with van der Waals surface area (Å²) in [6.07, 6.45) is 1.83. The van der Waals surface area contributed by atoms with Crippen LogP contribution in [0.2, 0.25) is 0 Å². The van der Waals surface area contributed by atoms with Gasteiger partial charge in [0, 0.05) is 16.4 Å². The van der Waals surface area contributed by atoms with Gasteiger partial charge in [-0.15, -0.1) is 0 Å².